The van der Waals surface area contributed by atoms with Crippen molar-refractivity contribution >= 4 is 28.5 Å². The van der Waals surface area contributed by atoms with Crippen molar-refractivity contribution < 1.29 is 14.6 Å². The zero-order valence-corrected chi connectivity index (χ0v) is 8.63. The number of rotatable bonds is 2. The van der Waals surface area contributed by atoms with Gasteiger partial charge in [0.25, 0.3) is 0 Å². The molecule has 78 valence electrons. The van der Waals surface area contributed by atoms with E-state index in [0.717, 1.165) is 5.39 Å². The van der Waals surface area contributed by atoms with Crippen molar-refractivity contribution in [3.8, 4) is 5.75 Å². The molecule has 0 unspecified atom stereocenters. The topological polar surface area (TPSA) is 62.3 Å². The second-order valence-corrected chi connectivity index (χ2v) is 3.47. The zero-order valence-electron chi connectivity index (χ0n) is 7.87. The molecule has 0 radical (unpaired) electrons. The van der Waals surface area contributed by atoms with Crippen LogP contribution in [-0.4, -0.2) is 23.2 Å². The zero-order chi connectivity index (χ0) is 11.0. The third-order valence-electron chi connectivity index (χ3n) is 2.12. The number of H-pyrrole nitrogens is 1. The first-order chi connectivity index (χ1) is 7.11. The number of hydrogen-bond donors (Lipinski definition) is 2. The van der Waals surface area contributed by atoms with Gasteiger partial charge in [0, 0.05) is 11.5 Å². The Morgan fingerprint density at radius 3 is 2.80 bits per heavy atom. The van der Waals surface area contributed by atoms with Gasteiger partial charge in [0.15, 0.2) is 0 Å². The van der Waals surface area contributed by atoms with Crippen LogP contribution in [0.4, 0.5) is 0 Å². The molecule has 1 heterocycles. The van der Waals surface area contributed by atoms with Gasteiger partial charge < -0.3 is 14.8 Å². The Labute approximate surface area is 90.4 Å². The normalized spacial score (nSPS) is 10.5. The van der Waals surface area contributed by atoms with Crippen LogP contribution >= 0.6 is 11.6 Å². The molecular weight excluding hydrogens is 218 g/mol. The van der Waals surface area contributed by atoms with Crippen LogP contribution in [0.2, 0.25) is 5.02 Å². The van der Waals surface area contributed by atoms with E-state index in [-0.39, 0.29) is 5.69 Å². The number of aromatic amines is 1. The third-order valence-corrected chi connectivity index (χ3v) is 2.42. The maximum absolute atomic E-state index is 10.7. The van der Waals surface area contributed by atoms with Crippen LogP contribution in [0.15, 0.2) is 18.2 Å². The molecule has 0 spiro atoms. The van der Waals surface area contributed by atoms with Gasteiger partial charge in [-0.3, -0.25) is 0 Å². The summed E-state index contributed by atoms with van der Waals surface area (Å²) in [6.45, 7) is 0. The number of carbonyl (C=O) groups is 1. The van der Waals surface area contributed by atoms with Crippen molar-refractivity contribution in [1.82, 2.24) is 4.98 Å². The van der Waals surface area contributed by atoms with Crippen molar-refractivity contribution in [2.75, 3.05) is 7.11 Å². The van der Waals surface area contributed by atoms with Gasteiger partial charge in [0.05, 0.1) is 17.6 Å². The molecule has 5 heteroatoms. The van der Waals surface area contributed by atoms with Gasteiger partial charge in [-0.05, 0) is 12.1 Å². The highest BCUT2D eigenvalue weighted by Crippen LogP contribution is 2.29. The summed E-state index contributed by atoms with van der Waals surface area (Å²) in [7, 11) is 1.53. The van der Waals surface area contributed by atoms with Crippen LogP contribution < -0.4 is 4.74 Å². The molecule has 4 nitrogen and oxygen atoms in total. The summed E-state index contributed by atoms with van der Waals surface area (Å²) in [6, 6.07) is 4.88. The predicted molar refractivity (Wildman–Crippen MR) is 56.8 cm³/mol. The number of hydrogen-bond acceptors (Lipinski definition) is 2. The van der Waals surface area contributed by atoms with Crippen molar-refractivity contribution in [1.29, 1.82) is 0 Å². The second kappa shape index (κ2) is 3.47. The quantitative estimate of drug-likeness (QED) is 0.826. The standard InChI is InChI=1S/C10H8ClNO3/c1-15-6-2-5-3-8(10(13)14)12-9(5)7(11)4-6/h2-4,12H,1H3,(H,13,14). The van der Waals surface area contributed by atoms with Crippen molar-refractivity contribution in [3.05, 3.63) is 28.9 Å². The number of ether oxygens (including phenoxy) is 1. The van der Waals surface area contributed by atoms with E-state index < -0.39 is 5.97 Å². The molecule has 1 aromatic carbocycles. The molecule has 0 aliphatic rings. The van der Waals surface area contributed by atoms with Gasteiger partial charge in [-0.15, -0.1) is 0 Å². The Kier molecular flexibility index (Phi) is 2.28. The van der Waals surface area contributed by atoms with E-state index in [9.17, 15) is 4.79 Å². The highest BCUT2D eigenvalue weighted by Gasteiger charge is 2.10. The lowest BCUT2D eigenvalue weighted by atomic mass is 10.2. The van der Waals surface area contributed by atoms with Gasteiger partial charge in [-0.2, -0.15) is 0 Å². The molecule has 15 heavy (non-hydrogen) atoms. The van der Waals surface area contributed by atoms with Crippen LogP contribution in [0.1, 0.15) is 10.5 Å². The molecule has 1 aromatic heterocycles. The van der Waals surface area contributed by atoms with E-state index in [4.69, 9.17) is 21.4 Å². The van der Waals surface area contributed by atoms with E-state index in [2.05, 4.69) is 4.98 Å². The summed E-state index contributed by atoms with van der Waals surface area (Å²) in [6.07, 6.45) is 0. The second-order valence-electron chi connectivity index (χ2n) is 3.06. The minimum Gasteiger partial charge on any atom is -0.497 e. The molecule has 0 bridgehead atoms. The average Bonchev–Trinajstić information content (AvgIpc) is 2.61. The maximum atomic E-state index is 10.7. The Hall–Kier alpha value is -1.68. The summed E-state index contributed by atoms with van der Waals surface area (Å²) in [5.74, 6) is -0.412. The summed E-state index contributed by atoms with van der Waals surface area (Å²) in [5, 5.41) is 9.96. The molecule has 2 aromatic rings. The van der Waals surface area contributed by atoms with Gasteiger partial charge in [0.2, 0.25) is 0 Å². The van der Waals surface area contributed by atoms with Gasteiger partial charge >= 0.3 is 5.97 Å². The number of fused-ring (bicyclic) bond motifs is 1. The summed E-state index contributed by atoms with van der Waals surface area (Å²) in [5.41, 5.74) is 0.718. The molecule has 0 saturated heterocycles. The summed E-state index contributed by atoms with van der Waals surface area (Å²) in [4.78, 5) is 13.5. The molecule has 0 saturated carbocycles. The molecule has 2 N–H and O–H groups in total. The fraction of sp³-hybridized carbons (Fsp3) is 0.100. The third kappa shape index (κ3) is 1.64. The van der Waals surface area contributed by atoms with E-state index in [0.29, 0.717) is 16.3 Å². The minimum absolute atomic E-state index is 0.111. The first kappa shape index (κ1) is 9.86. The minimum atomic E-state index is -1.01. The fourth-order valence-electron chi connectivity index (χ4n) is 1.41. The molecule has 0 aliphatic heterocycles. The van der Waals surface area contributed by atoms with Crippen LogP contribution in [-0.2, 0) is 0 Å². The number of carboxylic acid groups (broad SMARTS) is 1. The number of carboxylic acids is 1. The van der Waals surface area contributed by atoms with Crippen LogP contribution in [0.5, 0.6) is 5.75 Å². The summed E-state index contributed by atoms with van der Waals surface area (Å²) < 4.78 is 5.03. The van der Waals surface area contributed by atoms with Crippen LogP contribution in [0, 0.1) is 0 Å². The lowest BCUT2D eigenvalue weighted by Gasteiger charge is -2.00. The lowest BCUT2D eigenvalue weighted by Crippen LogP contribution is -1.94. The SMILES string of the molecule is COc1cc(Cl)c2[nH]c(C(=O)O)cc2c1. The summed E-state index contributed by atoms with van der Waals surface area (Å²) >= 11 is 5.95. The smallest absolute Gasteiger partial charge is 0.352 e. The molecule has 2 rings (SSSR count). The highest BCUT2D eigenvalue weighted by atomic mass is 35.5. The van der Waals surface area contributed by atoms with E-state index in [1.807, 2.05) is 0 Å². The maximum Gasteiger partial charge on any atom is 0.352 e. The van der Waals surface area contributed by atoms with Gasteiger partial charge in [-0.1, -0.05) is 11.6 Å². The first-order valence-corrected chi connectivity index (χ1v) is 4.59. The molecule has 0 amide bonds. The average molecular weight is 226 g/mol. The monoisotopic (exact) mass is 225 g/mol. The van der Waals surface area contributed by atoms with Gasteiger partial charge in [0.1, 0.15) is 11.4 Å². The number of halogens is 1. The molecular formula is C10H8ClNO3. The van der Waals surface area contributed by atoms with Gasteiger partial charge in [-0.25, -0.2) is 4.79 Å². The van der Waals surface area contributed by atoms with Crippen LogP contribution in [0.3, 0.4) is 0 Å². The molecule has 0 fully saturated rings. The fourth-order valence-corrected chi connectivity index (χ4v) is 1.67. The predicted octanol–water partition coefficient (Wildman–Crippen LogP) is 2.53. The molecule has 0 atom stereocenters. The Bertz CT molecular complexity index is 533. The first-order valence-electron chi connectivity index (χ1n) is 4.21. The van der Waals surface area contributed by atoms with Crippen molar-refractivity contribution in [2.24, 2.45) is 0 Å². The molecule has 0 aliphatic carbocycles. The number of aromatic nitrogens is 1. The van der Waals surface area contributed by atoms with E-state index in [1.54, 1.807) is 12.1 Å². The van der Waals surface area contributed by atoms with E-state index in [1.165, 1.54) is 13.2 Å². The Morgan fingerprint density at radius 2 is 2.20 bits per heavy atom. The van der Waals surface area contributed by atoms with Crippen molar-refractivity contribution in [3.63, 3.8) is 0 Å². The lowest BCUT2D eigenvalue weighted by molar-refractivity contribution is 0.0691. The van der Waals surface area contributed by atoms with Crippen molar-refractivity contribution in [2.45, 2.75) is 0 Å². The number of aromatic carboxylic acids is 1. The van der Waals surface area contributed by atoms with Crippen LogP contribution in [0.25, 0.3) is 10.9 Å². The Morgan fingerprint density at radius 1 is 1.47 bits per heavy atom. The highest BCUT2D eigenvalue weighted by molar-refractivity contribution is 6.35. The number of nitrogens with one attached hydrogen (secondary N) is 1. The largest absolute Gasteiger partial charge is 0.497 e. The van der Waals surface area contributed by atoms with E-state index >= 15 is 0 Å². The Balaban J connectivity index is 2.69. The number of methoxy groups -OCH3 is 1. The number of benzene rings is 1.